The molecule has 0 saturated heterocycles. The summed E-state index contributed by atoms with van der Waals surface area (Å²) in [6.07, 6.45) is -4.64. The van der Waals surface area contributed by atoms with E-state index in [1.54, 1.807) is 24.3 Å². The lowest BCUT2D eigenvalue weighted by atomic mass is 9.83. The van der Waals surface area contributed by atoms with Gasteiger partial charge in [0.25, 0.3) is 0 Å². The first-order chi connectivity index (χ1) is 14.3. The maximum atomic E-state index is 13.2. The fourth-order valence-corrected chi connectivity index (χ4v) is 3.90. The van der Waals surface area contributed by atoms with Crippen LogP contribution in [0.4, 0.5) is 18.9 Å². The Kier molecular flexibility index (Phi) is 5.01. The second kappa shape index (κ2) is 7.51. The van der Waals surface area contributed by atoms with Crippen LogP contribution in [-0.4, -0.2) is 25.1 Å². The van der Waals surface area contributed by atoms with Gasteiger partial charge in [0.1, 0.15) is 12.4 Å². The van der Waals surface area contributed by atoms with Crippen LogP contribution in [-0.2, 0) is 20.5 Å². The fraction of sp³-hybridized carbons (Fsp3) is 0.273. The lowest BCUT2D eigenvalue weighted by molar-refractivity contribution is -0.138. The molecule has 2 heterocycles. The third kappa shape index (κ3) is 3.42. The summed E-state index contributed by atoms with van der Waals surface area (Å²) in [6, 6.07) is 11.6. The van der Waals surface area contributed by atoms with Gasteiger partial charge >= 0.3 is 12.1 Å². The van der Waals surface area contributed by atoms with E-state index in [0.717, 1.165) is 17.0 Å². The molecule has 5 nitrogen and oxygen atoms in total. The zero-order valence-electron chi connectivity index (χ0n) is 16.0. The molecule has 1 unspecified atom stereocenters. The zero-order valence-corrected chi connectivity index (χ0v) is 16.0. The summed E-state index contributed by atoms with van der Waals surface area (Å²) in [7, 11) is 0. The van der Waals surface area contributed by atoms with Crippen LogP contribution in [0.5, 0.6) is 5.75 Å². The van der Waals surface area contributed by atoms with Gasteiger partial charge in [0.15, 0.2) is 0 Å². The average molecular weight is 417 g/mol. The Hall–Kier alpha value is -3.29. The summed E-state index contributed by atoms with van der Waals surface area (Å²) in [5.41, 5.74) is 0.398. The van der Waals surface area contributed by atoms with E-state index >= 15 is 0 Å². The first-order valence-corrected chi connectivity index (χ1v) is 9.43. The van der Waals surface area contributed by atoms with Gasteiger partial charge in [0.05, 0.1) is 23.4 Å². The van der Waals surface area contributed by atoms with Gasteiger partial charge in [0, 0.05) is 23.6 Å². The number of carbonyl (C=O) groups is 2. The van der Waals surface area contributed by atoms with Gasteiger partial charge in [-0.3, -0.25) is 9.69 Å². The Bertz CT molecular complexity index is 1040. The summed E-state index contributed by atoms with van der Waals surface area (Å²) in [5, 5.41) is 0. The average Bonchev–Trinajstić information content (AvgIpc) is 3.09. The number of anilines is 1. The lowest BCUT2D eigenvalue weighted by Gasteiger charge is -2.32. The molecule has 1 amide bonds. The first-order valence-electron chi connectivity index (χ1n) is 9.43. The number of esters is 1. The SMILES string of the molecule is CCOc1ccccc1C1CC(=O)N(c2cccc(C(F)(F)F)c2)C2=C1C(=O)OC2. The molecule has 0 saturated carbocycles. The molecule has 30 heavy (non-hydrogen) atoms. The molecule has 2 aliphatic rings. The van der Waals surface area contributed by atoms with E-state index in [2.05, 4.69) is 0 Å². The largest absolute Gasteiger partial charge is 0.494 e. The zero-order chi connectivity index (χ0) is 21.5. The minimum Gasteiger partial charge on any atom is -0.494 e. The Balaban J connectivity index is 1.82. The number of benzene rings is 2. The molecule has 1 atom stereocenters. The van der Waals surface area contributed by atoms with Crippen LogP contribution in [0, 0.1) is 0 Å². The summed E-state index contributed by atoms with van der Waals surface area (Å²) >= 11 is 0. The van der Waals surface area contributed by atoms with Crippen molar-refractivity contribution < 1.29 is 32.2 Å². The number of ether oxygens (including phenoxy) is 2. The Morgan fingerprint density at radius 2 is 1.90 bits per heavy atom. The van der Waals surface area contributed by atoms with Crippen molar-refractivity contribution >= 4 is 17.6 Å². The van der Waals surface area contributed by atoms with Gasteiger partial charge in [-0.25, -0.2) is 4.79 Å². The predicted molar refractivity (Wildman–Crippen MR) is 102 cm³/mol. The number of para-hydroxylation sites is 1. The molecule has 0 spiro atoms. The highest BCUT2D eigenvalue weighted by Gasteiger charge is 2.44. The molecule has 4 rings (SSSR count). The highest BCUT2D eigenvalue weighted by molar-refractivity contribution is 6.06. The number of nitrogens with zero attached hydrogens (tertiary/aromatic N) is 1. The van der Waals surface area contributed by atoms with Crippen LogP contribution in [0.2, 0.25) is 0 Å². The molecule has 0 aliphatic carbocycles. The molecular weight excluding hydrogens is 399 g/mol. The minimum atomic E-state index is -4.55. The first kappa shape index (κ1) is 20.0. The molecule has 8 heteroatoms. The summed E-state index contributed by atoms with van der Waals surface area (Å²) in [5.74, 6) is -1.03. The molecule has 0 aromatic heterocycles. The highest BCUT2D eigenvalue weighted by atomic mass is 19.4. The van der Waals surface area contributed by atoms with Gasteiger partial charge in [0.2, 0.25) is 5.91 Å². The van der Waals surface area contributed by atoms with Crippen molar-refractivity contribution in [3.05, 3.63) is 70.9 Å². The van der Waals surface area contributed by atoms with Crippen molar-refractivity contribution in [2.75, 3.05) is 18.1 Å². The van der Waals surface area contributed by atoms with Crippen LogP contribution in [0.3, 0.4) is 0 Å². The minimum absolute atomic E-state index is 0.0529. The van der Waals surface area contributed by atoms with Gasteiger partial charge in [-0.05, 0) is 31.2 Å². The van der Waals surface area contributed by atoms with Crippen LogP contribution in [0.1, 0.15) is 30.4 Å². The fourth-order valence-electron chi connectivity index (χ4n) is 3.90. The van der Waals surface area contributed by atoms with Crippen molar-refractivity contribution in [1.29, 1.82) is 0 Å². The molecule has 0 bridgehead atoms. The number of cyclic esters (lactones) is 1. The molecule has 156 valence electrons. The molecule has 0 fully saturated rings. The molecular formula is C22H18F3NO4. The number of halogens is 3. The number of carbonyl (C=O) groups excluding carboxylic acids is 2. The lowest BCUT2D eigenvalue weighted by Crippen LogP contribution is -2.37. The van der Waals surface area contributed by atoms with Gasteiger partial charge < -0.3 is 9.47 Å². The third-order valence-corrected chi connectivity index (χ3v) is 5.14. The van der Waals surface area contributed by atoms with Crippen molar-refractivity contribution in [1.82, 2.24) is 0 Å². The Labute approximate surface area is 170 Å². The van der Waals surface area contributed by atoms with Gasteiger partial charge in [-0.1, -0.05) is 24.3 Å². The summed E-state index contributed by atoms with van der Waals surface area (Å²) in [6.45, 7) is 2.06. The topological polar surface area (TPSA) is 55.8 Å². The van der Waals surface area contributed by atoms with E-state index in [-0.39, 0.29) is 30.0 Å². The second-order valence-electron chi connectivity index (χ2n) is 6.94. The van der Waals surface area contributed by atoms with E-state index in [9.17, 15) is 22.8 Å². The Morgan fingerprint density at radius 1 is 1.13 bits per heavy atom. The van der Waals surface area contributed by atoms with E-state index in [1.807, 2.05) is 6.92 Å². The number of alkyl halides is 3. The maximum Gasteiger partial charge on any atom is 0.416 e. The van der Waals surface area contributed by atoms with Crippen LogP contribution in [0.15, 0.2) is 59.8 Å². The van der Waals surface area contributed by atoms with E-state index < -0.39 is 29.5 Å². The molecule has 0 radical (unpaired) electrons. The van der Waals surface area contributed by atoms with E-state index in [1.165, 1.54) is 12.1 Å². The van der Waals surface area contributed by atoms with Crippen LogP contribution < -0.4 is 9.64 Å². The Morgan fingerprint density at radius 3 is 2.63 bits per heavy atom. The third-order valence-electron chi connectivity index (χ3n) is 5.14. The van der Waals surface area contributed by atoms with Crippen molar-refractivity contribution in [2.24, 2.45) is 0 Å². The van der Waals surface area contributed by atoms with Crippen molar-refractivity contribution in [3.63, 3.8) is 0 Å². The van der Waals surface area contributed by atoms with Crippen molar-refractivity contribution in [3.8, 4) is 5.75 Å². The van der Waals surface area contributed by atoms with Gasteiger partial charge in [-0.15, -0.1) is 0 Å². The summed E-state index contributed by atoms with van der Waals surface area (Å²) < 4.78 is 50.3. The second-order valence-corrected chi connectivity index (χ2v) is 6.94. The van der Waals surface area contributed by atoms with Gasteiger partial charge in [-0.2, -0.15) is 13.2 Å². The monoisotopic (exact) mass is 417 g/mol. The van der Waals surface area contributed by atoms with Crippen molar-refractivity contribution in [2.45, 2.75) is 25.4 Å². The standard InChI is InChI=1S/C22H18F3NO4/c1-2-29-18-9-4-3-8-15(18)16-11-19(27)26(17-12-30-21(28)20(16)17)14-7-5-6-13(10-14)22(23,24)25/h3-10,16H,2,11-12H2,1H3. The maximum absolute atomic E-state index is 13.2. The smallest absolute Gasteiger partial charge is 0.416 e. The predicted octanol–water partition coefficient (Wildman–Crippen LogP) is 4.44. The number of hydrogen-bond donors (Lipinski definition) is 0. The molecule has 2 aromatic rings. The molecule has 2 aliphatic heterocycles. The van der Waals surface area contributed by atoms with Crippen LogP contribution >= 0.6 is 0 Å². The molecule has 2 aromatic carbocycles. The number of amides is 1. The van der Waals surface area contributed by atoms with E-state index in [0.29, 0.717) is 17.9 Å². The normalized spacial score (nSPS) is 19.1. The summed E-state index contributed by atoms with van der Waals surface area (Å²) in [4.78, 5) is 26.8. The number of rotatable bonds is 4. The highest BCUT2D eigenvalue weighted by Crippen LogP contribution is 2.44. The van der Waals surface area contributed by atoms with E-state index in [4.69, 9.17) is 9.47 Å². The van der Waals surface area contributed by atoms with Crippen LogP contribution in [0.25, 0.3) is 0 Å². The quantitative estimate of drug-likeness (QED) is 0.691. The number of hydrogen-bond acceptors (Lipinski definition) is 4. The molecule has 0 N–H and O–H groups in total.